The highest BCUT2D eigenvalue weighted by Crippen LogP contribution is 2.42. The molecule has 2 fully saturated rings. The summed E-state index contributed by atoms with van der Waals surface area (Å²) in [4.78, 5) is 161. The SMILES string of the molecule is CC[C@@H](Nc1cc(F)c(C(=O)N[C@@H](Cc2ccc(-n3c(=O)c4ccncc4n(C)c3=O)c3nccn23)C(=O)OC)c(F)c1)C(F)(F)F.COC(=O)[C@H](Cc1ccc(-c2c(C(F)(F)F)cc(C)n(C)c2=O)c2nccn12)NC(=O)c1c(F)cc(N2CCCC[C@@H]2C(F)(F)F)cc1F.COC(=O)[C@H](Cc1ccc(-c2c(C)n(C)c(=O)n(C)c2=O)c2nccn12)NC(=O)c1c(F)cc(N2CCCC[C@@H]2C(F)(F)F)cc1F. The van der Waals surface area contributed by atoms with Gasteiger partial charge < -0.3 is 67.6 Å². The van der Waals surface area contributed by atoms with Gasteiger partial charge in [0.1, 0.15) is 99.1 Å². The molecule has 50 heteroatoms. The third kappa shape index (κ3) is 21.4. The van der Waals surface area contributed by atoms with Gasteiger partial charge in [-0.05, 0) is 144 Å². The summed E-state index contributed by atoms with van der Waals surface area (Å²) in [5.41, 5.74) is -7.31. The van der Waals surface area contributed by atoms with E-state index in [2.05, 4.69) is 35.9 Å². The van der Waals surface area contributed by atoms with Crippen molar-refractivity contribution in [3.05, 3.63) is 272 Å². The summed E-state index contributed by atoms with van der Waals surface area (Å²) in [5.74, 6) is -15.8. The van der Waals surface area contributed by atoms with Crippen LogP contribution in [-0.4, -0.2) is 181 Å². The van der Waals surface area contributed by atoms with Gasteiger partial charge in [0.2, 0.25) is 0 Å². The summed E-state index contributed by atoms with van der Waals surface area (Å²) in [6, 6.07) is 3.89. The highest BCUT2D eigenvalue weighted by Gasteiger charge is 2.48. The number of nitrogens with zero attached hydrogens (tertiary/aromatic N) is 14. The minimum absolute atomic E-state index is 0.0632. The molecule has 0 unspecified atom stereocenters. The van der Waals surface area contributed by atoms with Gasteiger partial charge in [-0.1, -0.05) is 6.92 Å². The van der Waals surface area contributed by atoms with Crippen molar-refractivity contribution >= 4 is 80.5 Å². The number of halogens is 18. The number of alkyl halides is 12. The van der Waals surface area contributed by atoms with Gasteiger partial charge in [-0.25, -0.2) is 69.8 Å². The van der Waals surface area contributed by atoms with Crippen molar-refractivity contribution in [2.24, 2.45) is 28.2 Å². The molecule has 0 radical (unpaired) electrons. The number of amides is 3. The largest absolute Gasteiger partial charge is 0.467 e. The Kier molecular flexibility index (Phi) is 30.5. The predicted octanol–water partition coefficient (Wildman–Crippen LogP) is 12.4. The molecule has 12 heterocycles. The van der Waals surface area contributed by atoms with Gasteiger partial charge in [-0.3, -0.25) is 42.9 Å². The van der Waals surface area contributed by atoms with Crippen molar-refractivity contribution in [2.45, 2.75) is 146 Å². The smallest absolute Gasteiger partial charge is 0.417 e. The molecule has 15 rings (SSSR count). The Morgan fingerprint density at radius 3 is 1.27 bits per heavy atom. The van der Waals surface area contributed by atoms with Gasteiger partial charge in [0.25, 0.3) is 34.4 Å². The van der Waals surface area contributed by atoms with E-state index < -0.39 is 212 Å². The van der Waals surface area contributed by atoms with E-state index in [1.165, 1.54) is 134 Å². The average molecular weight is 2020 g/mol. The molecule has 0 saturated carbocycles. The number of imidazole rings is 3. The van der Waals surface area contributed by atoms with E-state index >= 15 is 17.6 Å². The molecule has 3 aromatic carbocycles. The summed E-state index contributed by atoms with van der Waals surface area (Å²) in [6.45, 7) is 4.01. The number of aryl methyl sites for hydroxylation is 2. The van der Waals surface area contributed by atoms with Crippen LogP contribution in [0.4, 0.5) is 96.1 Å². The second kappa shape index (κ2) is 41.7. The van der Waals surface area contributed by atoms with E-state index in [-0.39, 0.29) is 95.8 Å². The van der Waals surface area contributed by atoms with Gasteiger partial charge >= 0.3 is 54.0 Å². The number of hydrogen-bond acceptors (Lipinski definition) is 21. The number of carbonyl (C=O) groups excluding carboxylic acids is 6. The lowest BCUT2D eigenvalue weighted by Gasteiger charge is -2.38. The van der Waals surface area contributed by atoms with Gasteiger partial charge in [0.05, 0.1) is 60.8 Å². The van der Waals surface area contributed by atoms with E-state index in [9.17, 15) is 114 Å². The Bertz CT molecular complexity index is 7440. The topological polar surface area (TPSA) is 360 Å². The fraction of sp³-hybridized carbons (Fsp3) is 0.344. The van der Waals surface area contributed by atoms with Crippen molar-refractivity contribution in [1.82, 2.24) is 71.9 Å². The number of aromatic nitrogens is 12. The van der Waals surface area contributed by atoms with E-state index in [1.54, 1.807) is 29.7 Å². The first kappa shape index (κ1) is 105. The number of fused-ring (bicyclic) bond motifs is 4. The van der Waals surface area contributed by atoms with Crippen LogP contribution in [0, 0.1) is 48.8 Å². The summed E-state index contributed by atoms with van der Waals surface area (Å²) in [5, 5.41) is 8.89. The maximum atomic E-state index is 15.2. The van der Waals surface area contributed by atoms with Crippen LogP contribution in [-0.2, 0) is 82.2 Å². The van der Waals surface area contributed by atoms with Crippen LogP contribution in [0.25, 0.3) is 55.8 Å². The van der Waals surface area contributed by atoms with Crippen molar-refractivity contribution < 1.29 is 122 Å². The summed E-state index contributed by atoms with van der Waals surface area (Å²) in [7, 11) is 8.73. The van der Waals surface area contributed by atoms with Gasteiger partial charge in [0, 0.05) is 161 Å². The third-order valence-corrected chi connectivity index (χ3v) is 24.6. The maximum absolute atomic E-state index is 15.2. The molecule has 6 atom stereocenters. The number of pyridine rings is 5. The summed E-state index contributed by atoms with van der Waals surface area (Å²) < 4.78 is 278. The molecule has 758 valence electrons. The molecule has 2 saturated heterocycles. The summed E-state index contributed by atoms with van der Waals surface area (Å²) >= 11 is 0. The lowest BCUT2D eigenvalue weighted by molar-refractivity contribution is -0.153. The minimum atomic E-state index is -4.90. The van der Waals surface area contributed by atoms with E-state index in [1.807, 2.05) is 5.32 Å². The highest BCUT2D eigenvalue weighted by molar-refractivity contribution is 6.00. The number of benzene rings is 3. The van der Waals surface area contributed by atoms with Crippen molar-refractivity contribution in [3.8, 4) is 27.9 Å². The molecule has 13 aromatic rings. The Morgan fingerprint density at radius 2 is 0.860 bits per heavy atom. The first-order valence-electron chi connectivity index (χ1n) is 43.4. The first-order valence-corrected chi connectivity index (χ1v) is 43.4. The quantitative estimate of drug-likeness (QED) is 0.0262. The molecule has 2 aliphatic heterocycles. The van der Waals surface area contributed by atoms with Crippen molar-refractivity contribution in [1.29, 1.82) is 0 Å². The Hall–Kier alpha value is -15.6. The number of piperidine rings is 2. The van der Waals surface area contributed by atoms with E-state index in [0.29, 0.717) is 89.5 Å². The van der Waals surface area contributed by atoms with Crippen molar-refractivity contribution in [3.63, 3.8) is 0 Å². The second-order valence-electron chi connectivity index (χ2n) is 33.3. The van der Waals surface area contributed by atoms with E-state index in [0.717, 1.165) is 50.9 Å². The lowest BCUT2D eigenvalue weighted by Crippen LogP contribution is -2.49. The molecular formula is C93H86F18N18O14. The zero-order valence-corrected chi connectivity index (χ0v) is 76.9. The third-order valence-electron chi connectivity index (χ3n) is 24.6. The zero-order valence-electron chi connectivity index (χ0n) is 76.9. The predicted molar refractivity (Wildman–Crippen MR) is 479 cm³/mol. The standard InChI is InChI=1S/C32H29F8N5O4.C31H31F5N6O5.C30H26F5N7O5/c1-16-12-20(31(35,36)37)25(29(47)43(16)2)19-8-7-17(45-11-9-41-27(19)45)15-23(30(48)49-3)42-28(46)26-21(33)13-18(14-22(26)34)44-10-5-4-6-24(44)32(38,39)40;1-16-24(28(44)40(3)30(46)39(16)2)19-9-8-17(42-12-10-37-26(19)42)15-22(29(45)47-4)38-27(43)25-20(32)13-18(14-21(25)33)41-11-6-5-7-23(41)31(34,35)36;1-4-23(30(33,34)35)38-15-11-18(31)24(19(32)12-15)26(43)39-20(28(45)47-3)13-16-5-6-21(25-37-9-10-41(16)25)42-27(44)17-7-8-36-14-22(17)40(2)29(42)46/h7-9,11-14,23-24H,4-6,10,15H2,1-3H3,(H,42,46);8-10,12-14,22-23H,5-7,11,15H2,1-4H3,(H,38,43);5-12,14,20,23,38H,4,13H2,1-3H3,(H,39,43)/t23-,24+;22-,23+;20-,23+/m000/s1. The number of ether oxygens (including phenoxy) is 3. The molecule has 4 N–H and O–H groups in total. The molecule has 0 aliphatic carbocycles. The molecule has 2 aliphatic rings. The van der Waals surface area contributed by atoms with Gasteiger partial charge in [-0.15, -0.1) is 0 Å². The average Bonchev–Trinajstić information content (AvgIpc) is 1.75. The minimum Gasteiger partial charge on any atom is -0.467 e. The monoisotopic (exact) mass is 2020 g/mol. The Balaban J connectivity index is 0.000000180. The van der Waals surface area contributed by atoms with Crippen LogP contribution in [0.2, 0.25) is 0 Å². The second-order valence-corrected chi connectivity index (χ2v) is 33.3. The van der Waals surface area contributed by atoms with Crippen LogP contribution in [0.15, 0.2) is 158 Å². The number of esters is 3. The van der Waals surface area contributed by atoms with Crippen LogP contribution in [0.3, 0.4) is 0 Å². The molecule has 143 heavy (non-hydrogen) atoms. The van der Waals surface area contributed by atoms with E-state index in [4.69, 9.17) is 14.2 Å². The number of hydrogen-bond donors (Lipinski definition) is 4. The normalized spacial score (nSPS) is 15.0. The number of nitrogens with one attached hydrogen (secondary N) is 4. The van der Waals surface area contributed by atoms with Crippen LogP contribution in [0.5, 0.6) is 0 Å². The Labute approximate surface area is 795 Å². The van der Waals surface area contributed by atoms with Crippen LogP contribution in [0.1, 0.15) is 117 Å². The number of methoxy groups -OCH3 is 3. The lowest BCUT2D eigenvalue weighted by atomic mass is 9.99. The zero-order chi connectivity index (χ0) is 105. The van der Waals surface area contributed by atoms with Gasteiger partial charge in [-0.2, -0.15) is 52.7 Å². The molecular weight excluding hydrogens is 1940 g/mol. The first-order chi connectivity index (χ1) is 67.3. The fourth-order valence-electron chi connectivity index (χ4n) is 17.2. The molecule has 3 amide bonds. The molecule has 10 aromatic heterocycles. The van der Waals surface area contributed by atoms with Crippen LogP contribution < -0.4 is 59.1 Å². The summed E-state index contributed by atoms with van der Waals surface area (Å²) in [6.07, 6.45) is -8.27. The van der Waals surface area contributed by atoms with Gasteiger partial charge in [0.15, 0.2) is 5.65 Å². The number of carbonyl (C=O) groups is 6. The maximum Gasteiger partial charge on any atom is 0.417 e. The number of rotatable bonds is 23. The molecule has 32 nitrogen and oxygen atoms in total. The molecule has 0 spiro atoms. The van der Waals surface area contributed by atoms with Crippen molar-refractivity contribution in [2.75, 3.05) is 49.5 Å². The highest BCUT2D eigenvalue weighted by atomic mass is 19.4. The Morgan fingerprint density at radius 1 is 0.462 bits per heavy atom. The van der Waals surface area contributed by atoms with Crippen LogP contribution >= 0.6 is 0 Å². The fourth-order valence-corrected chi connectivity index (χ4v) is 17.2. The number of anilines is 3. The molecule has 0 bridgehead atoms.